The van der Waals surface area contributed by atoms with Crippen molar-refractivity contribution in [3.63, 3.8) is 0 Å². The molecule has 0 saturated heterocycles. The van der Waals surface area contributed by atoms with Gasteiger partial charge in [-0.05, 0) is 18.6 Å². The molecule has 2 unspecified atom stereocenters. The van der Waals surface area contributed by atoms with E-state index in [9.17, 15) is 0 Å². The molecule has 1 aliphatic carbocycles. The second-order valence-electron chi connectivity index (χ2n) is 5.18. The quantitative estimate of drug-likeness (QED) is 0.469. The van der Waals surface area contributed by atoms with Crippen LogP contribution in [0.4, 0.5) is 0 Å². The molecule has 0 bridgehead atoms. The molecule has 1 aromatic carbocycles. The maximum absolute atomic E-state index is 5.01. The fourth-order valence-corrected chi connectivity index (χ4v) is 2.43. The molecule has 2 atom stereocenters. The Morgan fingerprint density at radius 1 is 1.17 bits per heavy atom. The van der Waals surface area contributed by atoms with Gasteiger partial charge in [0.25, 0.3) is 0 Å². The van der Waals surface area contributed by atoms with Crippen LogP contribution in [0.1, 0.15) is 40.0 Å². The van der Waals surface area contributed by atoms with Gasteiger partial charge in [-0.15, -0.1) is 12.2 Å². The molecule has 0 radical (unpaired) electrons. The molecule has 0 heterocycles. The first-order chi connectivity index (χ1) is 10.6. The number of ether oxygens (including phenoxy) is 2. The van der Waals surface area contributed by atoms with Crippen molar-refractivity contribution in [1.82, 2.24) is 0 Å². The van der Waals surface area contributed by atoms with Gasteiger partial charge < -0.3 is 30.2 Å². The minimum Gasteiger partial charge on any atom is -0.493 e. The number of rotatable bonds is 3. The minimum atomic E-state index is 0. The molecule has 1 fully saturated rings. The van der Waals surface area contributed by atoms with E-state index in [4.69, 9.17) is 9.47 Å². The second-order valence-corrected chi connectivity index (χ2v) is 5.18. The first-order valence-corrected chi connectivity index (χ1v) is 8.08. The fraction of sp³-hybridized carbons (Fsp3) is 0.476. The summed E-state index contributed by atoms with van der Waals surface area (Å²) in [5.74, 6) is 3.05. The standard InChI is InChI=1S/C10H16.C8H10O2.C2H6.CH3.K/c1-4-10-6-5-8(2)7-9(10)3;1-9-7-5-3-4-6-8(7)10-2;1-2;;/h6,9-10H,1-2,4-5,7H2,3H3;3-6H,1-2H3;1-2H3;1H3;/q-2;;;-1;+1. The maximum Gasteiger partial charge on any atom is 1.00 e. The van der Waals surface area contributed by atoms with E-state index in [1.165, 1.54) is 12.0 Å². The van der Waals surface area contributed by atoms with E-state index in [0.29, 0.717) is 0 Å². The Morgan fingerprint density at radius 3 is 1.96 bits per heavy atom. The number of benzene rings is 1. The van der Waals surface area contributed by atoms with Crippen molar-refractivity contribution in [1.29, 1.82) is 0 Å². The third-order valence-corrected chi connectivity index (χ3v) is 3.67. The molecule has 134 valence electrons. The molecule has 0 N–H and O–H groups in total. The van der Waals surface area contributed by atoms with E-state index in [1.54, 1.807) is 14.2 Å². The topological polar surface area (TPSA) is 18.5 Å². The zero-order valence-corrected chi connectivity index (χ0v) is 20.0. The molecule has 0 aliphatic heterocycles. The minimum absolute atomic E-state index is 0. The van der Waals surface area contributed by atoms with Gasteiger partial charge in [-0.2, -0.15) is 12.3 Å². The largest absolute Gasteiger partial charge is 1.00 e. The van der Waals surface area contributed by atoms with Gasteiger partial charge >= 0.3 is 51.4 Å². The van der Waals surface area contributed by atoms with E-state index >= 15 is 0 Å². The summed E-state index contributed by atoms with van der Waals surface area (Å²) in [4.78, 5) is 0. The van der Waals surface area contributed by atoms with Crippen LogP contribution in [0.25, 0.3) is 0 Å². The van der Waals surface area contributed by atoms with E-state index in [2.05, 4.69) is 26.8 Å². The van der Waals surface area contributed by atoms with Gasteiger partial charge in [0.1, 0.15) is 0 Å². The summed E-state index contributed by atoms with van der Waals surface area (Å²) in [6.45, 7) is 14.2. The predicted octanol–water partition coefficient (Wildman–Crippen LogP) is 3.20. The number of hydrogen-bond acceptors (Lipinski definition) is 2. The number of para-hydroxylation sites is 2. The summed E-state index contributed by atoms with van der Waals surface area (Å²) in [5, 5.41) is 0. The predicted molar refractivity (Wildman–Crippen MR) is 103 cm³/mol. The normalized spacial score (nSPS) is 18.3. The first kappa shape index (κ1) is 29.0. The van der Waals surface area contributed by atoms with Crippen molar-refractivity contribution < 1.29 is 60.9 Å². The molecular weight excluding hydrogens is 323 g/mol. The number of methoxy groups -OCH3 is 2. The molecule has 24 heavy (non-hydrogen) atoms. The van der Waals surface area contributed by atoms with Crippen LogP contribution in [0.2, 0.25) is 0 Å². The summed E-state index contributed by atoms with van der Waals surface area (Å²) < 4.78 is 10.0. The van der Waals surface area contributed by atoms with Gasteiger partial charge in [0.2, 0.25) is 0 Å². The Hall–Kier alpha value is 0.196. The van der Waals surface area contributed by atoms with Gasteiger partial charge in [0.05, 0.1) is 14.2 Å². The van der Waals surface area contributed by atoms with Crippen molar-refractivity contribution in [2.24, 2.45) is 11.8 Å². The van der Waals surface area contributed by atoms with Gasteiger partial charge in [0, 0.05) is 0 Å². The SMILES string of the molecule is C=C1C[CH-]C(C[CH2-])C(C)C1.CC.COc1ccccc1OC.[CH3-].[K+]. The Kier molecular flexibility index (Phi) is 21.7. The second kappa shape index (κ2) is 18.0. The molecule has 2 nitrogen and oxygen atoms in total. The Labute approximate surface area is 193 Å². The third-order valence-electron chi connectivity index (χ3n) is 3.67. The van der Waals surface area contributed by atoms with Gasteiger partial charge in [-0.3, -0.25) is 0 Å². The van der Waals surface area contributed by atoms with Crippen molar-refractivity contribution in [3.8, 4) is 11.5 Å². The average molecular weight is 359 g/mol. The summed E-state index contributed by atoms with van der Waals surface area (Å²) in [7, 11) is 3.25. The number of hydrogen-bond donors (Lipinski definition) is 0. The zero-order valence-electron chi connectivity index (χ0n) is 16.9. The van der Waals surface area contributed by atoms with Crippen LogP contribution in [-0.2, 0) is 0 Å². The van der Waals surface area contributed by atoms with Crippen LogP contribution in [-0.4, -0.2) is 14.2 Å². The van der Waals surface area contributed by atoms with E-state index in [1.807, 2.05) is 38.1 Å². The van der Waals surface area contributed by atoms with Crippen LogP contribution in [0.5, 0.6) is 11.5 Å². The van der Waals surface area contributed by atoms with Crippen molar-refractivity contribution in [2.75, 3.05) is 14.2 Å². The van der Waals surface area contributed by atoms with Crippen molar-refractivity contribution >= 4 is 0 Å². The average Bonchev–Trinajstić information content (AvgIpc) is 2.57. The Balaban J connectivity index is -0.000000310. The monoisotopic (exact) mass is 358 g/mol. The summed E-state index contributed by atoms with van der Waals surface area (Å²) in [5.41, 5.74) is 1.39. The van der Waals surface area contributed by atoms with Crippen LogP contribution >= 0.6 is 0 Å². The van der Waals surface area contributed by atoms with E-state index in [0.717, 1.165) is 36.2 Å². The molecule has 0 spiro atoms. The smallest absolute Gasteiger partial charge is 0.493 e. The molecule has 0 amide bonds. The van der Waals surface area contributed by atoms with Crippen LogP contribution in [0, 0.1) is 32.6 Å². The van der Waals surface area contributed by atoms with Gasteiger partial charge in [-0.25, -0.2) is 6.42 Å². The van der Waals surface area contributed by atoms with Gasteiger partial charge in [-0.1, -0.05) is 38.8 Å². The van der Waals surface area contributed by atoms with E-state index in [-0.39, 0.29) is 58.8 Å². The molecule has 1 aliphatic rings. The van der Waals surface area contributed by atoms with Crippen molar-refractivity contribution in [2.45, 2.75) is 40.0 Å². The zero-order chi connectivity index (χ0) is 17.0. The van der Waals surface area contributed by atoms with Crippen LogP contribution < -0.4 is 60.9 Å². The molecule has 1 saturated carbocycles. The number of allylic oxidation sites excluding steroid dienone is 1. The fourth-order valence-electron chi connectivity index (χ4n) is 2.43. The summed E-state index contributed by atoms with van der Waals surface area (Å²) in [6, 6.07) is 7.53. The molecule has 3 heteroatoms. The Bertz CT molecular complexity index is 395. The first-order valence-electron chi connectivity index (χ1n) is 8.08. The van der Waals surface area contributed by atoms with Crippen molar-refractivity contribution in [3.05, 3.63) is 57.2 Å². The van der Waals surface area contributed by atoms with Gasteiger partial charge in [0.15, 0.2) is 11.5 Å². The molecular formula is C21H35KO2-2. The molecule has 2 rings (SSSR count). The third kappa shape index (κ3) is 10.9. The van der Waals surface area contributed by atoms with E-state index < -0.39 is 0 Å². The Morgan fingerprint density at radius 2 is 1.62 bits per heavy atom. The summed E-state index contributed by atoms with van der Waals surface area (Å²) >= 11 is 0. The molecule has 1 aromatic rings. The van der Waals surface area contributed by atoms with Crippen LogP contribution in [0.3, 0.4) is 0 Å². The maximum atomic E-state index is 5.01. The van der Waals surface area contributed by atoms with Crippen LogP contribution in [0.15, 0.2) is 36.4 Å². The molecule has 0 aromatic heterocycles. The summed E-state index contributed by atoms with van der Waals surface area (Å²) in [6.07, 6.45) is 5.74.